The van der Waals surface area contributed by atoms with Gasteiger partial charge in [-0.3, -0.25) is 0 Å². The number of nitrogen functional groups attached to an aromatic ring is 2. The fourth-order valence-electron chi connectivity index (χ4n) is 2.09. The molecule has 0 spiro atoms. The van der Waals surface area contributed by atoms with Crippen LogP contribution in [0.3, 0.4) is 0 Å². The van der Waals surface area contributed by atoms with Gasteiger partial charge in [0.05, 0.1) is 0 Å². The maximum atomic E-state index is 5.78. The zero-order valence-corrected chi connectivity index (χ0v) is 13.1. The van der Waals surface area contributed by atoms with E-state index < -0.39 is 0 Å². The Bertz CT molecular complexity index is 783. The van der Waals surface area contributed by atoms with E-state index in [2.05, 4.69) is 30.9 Å². The number of nitrogens with zero attached hydrogens (tertiary/aromatic N) is 3. The third-order valence-corrected chi connectivity index (χ3v) is 3.14. The summed E-state index contributed by atoms with van der Waals surface area (Å²) in [4.78, 5) is 12.9. The van der Waals surface area contributed by atoms with Gasteiger partial charge in [-0.2, -0.15) is 15.0 Å². The lowest BCUT2D eigenvalue weighted by Crippen LogP contribution is -2.07. The Morgan fingerprint density at radius 1 is 0.708 bits per heavy atom. The van der Waals surface area contributed by atoms with E-state index in [4.69, 9.17) is 11.5 Å². The minimum absolute atomic E-state index is 0.395. The van der Waals surface area contributed by atoms with E-state index in [1.54, 1.807) is 19.2 Å². The third kappa shape index (κ3) is 3.80. The van der Waals surface area contributed by atoms with Crippen LogP contribution in [-0.4, -0.2) is 22.0 Å². The summed E-state index contributed by atoms with van der Waals surface area (Å²) in [6, 6.07) is 14.7. The Labute approximate surface area is 139 Å². The van der Waals surface area contributed by atoms with E-state index >= 15 is 0 Å². The molecule has 0 aliphatic carbocycles. The Kier molecular flexibility index (Phi) is 4.28. The highest BCUT2D eigenvalue weighted by Gasteiger charge is 2.07. The molecule has 0 saturated carbocycles. The lowest BCUT2D eigenvalue weighted by molar-refractivity contribution is 1.06. The molecule has 0 aliphatic rings. The molecule has 0 unspecified atom stereocenters. The monoisotopic (exact) mass is 322 g/mol. The van der Waals surface area contributed by atoms with Crippen molar-refractivity contribution in [3.05, 3.63) is 48.5 Å². The van der Waals surface area contributed by atoms with Gasteiger partial charge < -0.3 is 27.4 Å². The summed E-state index contributed by atoms with van der Waals surface area (Å²) in [7, 11) is 1.74. The smallest absolute Gasteiger partial charge is 0.233 e. The van der Waals surface area contributed by atoms with Gasteiger partial charge in [0, 0.05) is 29.8 Å². The average molecular weight is 322 g/mol. The lowest BCUT2D eigenvalue weighted by atomic mass is 10.3. The van der Waals surface area contributed by atoms with Crippen LogP contribution in [0, 0.1) is 0 Å². The van der Waals surface area contributed by atoms with Crippen LogP contribution < -0.4 is 27.4 Å². The Morgan fingerprint density at radius 2 is 1.17 bits per heavy atom. The van der Waals surface area contributed by atoms with E-state index in [1.165, 1.54) is 0 Å². The quantitative estimate of drug-likeness (QED) is 0.454. The third-order valence-electron chi connectivity index (χ3n) is 3.14. The van der Waals surface area contributed by atoms with Crippen molar-refractivity contribution in [2.45, 2.75) is 0 Å². The number of nitrogens with one attached hydrogen (secondary N) is 3. The minimum Gasteiger partial charge on any atom is -0.399 e. The summed E-state index contributed by atoms with van der Waals surface area (Å²) >= 11 is 0. The normalized spacial score (nSPS) is 10.2. The van der Waals surface area contributed by atoms with Crippen LogP contribution >= 0.6 is 0 Å². The Balaban J connectivity index is 1.87. The second-order valence-corrected chi connectivity index (χ2v) is 5.06. The molecule has 0 aliphatic heterocycles. The van der Waals surface area contributed by atoms with E-state index in [0.29, 0.717) is 29.2 Å². The summed E-state index contributed by atoms with van der Waals surface area (Å²) in [6.45, 7) is 0. The molecule has 3 aromatic rings. The lowest BCUT2D eigenvalue weighted by Gasteiger charge is -2.10. The van der Waals surface area contributed by atoms with Gasteiger partial charge in [0.2, 0.25) is 17.8 Å². The SMILES string of the molecule is CNc1nc(Nc2cccc(N)c2)nc(Nc2cccc(N)c2)n1. The molecule has 0 fully saturated rings. The van der Waals surface area contributed by atoms with E-state index in [0.717, 1.165) is 11.4 Å². The van der Waals surface area contributed by atoms with Crippen molar-refractivity contribution in [1.29, 1.82) is 0 Å². The second-order valence-electron chi connectivity index (χ2n) is 5.06. The zero-order valence-electron chi connectivity index (χ0n) is 13.1. The van der Waals surface area contributed by atoms with Crippen LogP contribution in [0.1, 0.15) is 0 Å². The first-order valence-electron chi connectivity index (χ1n) is 7.31. The molecule has 8 heteroatoms. The predicted molar refractivity (Wildman–Crippen MR) is 97.6 cm³/mol. The van der Waals surface area contributed by atoms with Crippen LogP contribution in [0.4, 0.5) is 40.6 Å². The molecule has 2 aromatic carbocycles. The molecule has 7 N–H and O–H groups in total. The maximum Gasteiger partial charge on any atom is 0.233 e. The van der Waals surface area contributed by atoms with Gasteiger partial charge in [-0.15, -0.1) is 0 Å². The summed E-state index contributed by atoms with van der Waals surface area (Å²) in [5.74, 6) is 1.22. The molecule has 24 heavy (non-hydrogen) atoms. The first-order chi connectivity index (χ1) is 11.6. The van der Waals surface area contributed by atoms with Gasteiger partial charge in [-0.1, -0.05) is 12.1 Å². The van der Waals surface area contributed by atoms with Gasteiger partial charge >= 0.3 is 0 Å². The standard InChI is InChI=1S/C16H18N8/c1-19-14-22-15(20-12-6-2-4-10(17)8-12)24-16(23-14)21-13-7-3-5-11(18)9-13/h2-9H,17-18H2,1H3,(H3,19,20,21,22,23,24). The van der Waals surface area contributed by atoms with Crippen LogP contribution in [0.2, 0.25) is 0 Å². The fraction of sp³-hybridized carbons (Fsp3) is 0.0625. The highest BCUT2D eigenvalue weighted by molar-refractivity contribution is 5.63. The van der Waals surface area contributed by atoms with Crippen molar-refractivity contribution in [2.24, 2.45) is 0 Å². The summed E-state index contributed by atoms with van der Waals surface area (Å²) in [6.07, 6.45) is 0. The number of benzene rings is 2. The summed E-state index contributed by atoms with van der Waals surface area (Å²) in [5, 5.41) is 9.13. The molecule has 122 valence electrons. The highest BCUT2D eigenvalue weighted by atomic mass is 15.3. The molecule has 0 radical (unpaired) electrons. The van der Waals surface area contributed by atoms with E-state index in [9.17, 15) is 0 Å². The fourth-order valence-corrected chi connectivity index (χ4v) is 2.09. The molecule has 0 bridgehead atoms. The van der Waals surface area contributed by atoms with Gasteiger partial charge in [0.15, 0.2) is 0 Å². The van der Waals surface area contributed by atoms with Crippen molar-refractivity contribution < 1.29 is 0 Å². The van der Waals surface area contributed by atoms with Gasteiger partial charge in [0.1, 0.15) is 0 Å². The number of hydrogen-bond donors (Lipinski definition) is 5. The molecule has 0 amide bonds. The first kappa shape index (κ1) is 15.3. The molecule has 3 rings (SSSR count). The van der Waals surface area contributed by atoms with Gasteiger partial charge in [-0.25, -0.2) is 0 Å². The largest absolute Gasteiger partial charge is 0.399 e. The molecule has 1 aromatic heterocycles. The van der Waals surface area contributed by atoms with Gasteiger partial charge in [0.25, 0.3) is 0 Å². The summed E-state index contributed by atoms with van der Waals surface area (Å²) < 4.78 is 0. The number of hydrogen-bond acceptors (Lipinski definition) is 8. The van der Waals surface area contributed by atoms with E-state index in [-0.39, 0.29) is 0 Å². The van der Waals surface area contributed by atoms with E-state index in [1.807, 2.05) is 36.4 Å². The van der Waals surface area contributed by atoms with Crippen LogP contribution in [-0.2, 0) is 0 Å². The number of rotatable bonds is 5. The van der Waals surface area contributed by atoms with Crippen molar-refractivity contribution >= 4 is 40.6 Å². The first-order valence-corrected chi connectivity index (χ1v) is 7.31. The average Bonchev–Trinajstić information content (AvgIpc) is 2.54. The van der Waals surface area contributed by atoms with Crippen LogP contribution in [0.15, 0.2) is 48.5 Å². The number of nitrogens with two attached hydrogens (primary N) is 2. The highest BCUT2D eigenvalue weighted by Crippen LogP contribution is 2.20. The van der Waals surface area contributed by atoms with Crippen molar-refractivity contribution in [2.75, 3.05) is 34.5 Å². The molecular formula is C16H18N8. The number of anilines is 7. The predicted octanol–water partition coefficient (Wildman–Crippen LogP) is 2.56. The topological polar surface area (TPSA) is 127 Å². The molecular weight excluding hydrogens is 304 g/mol. The van der Waals surface area contributed by atoms with Crippen LogP contribution in [0.5, 0.6) is 0 Å². The Hall–Kier alpha value is -3.55. The Morgan fingerprint density at radius 3 is 1.58 bits per heavy atom. The molecule has 0 atom stereocenters. The second kappa shape index (κ2) is 6.69. The van der Waals surface area contributed by atoms with Crippen molar-refractivity contribution in [3.8, 4) is 0 Å². The van der Waals surface area contributed by atoms with Gasteiger partial charge in [-0.05, 0) is 36.4 Å². The van der Waals surface area contributed by atoms with Crippen molar-refractivity contribution in [1.82, 2.24) is 15.0 Å². The number of aromatic nitrogens is 3. The zero-order chi connectivity index (χ0) is 16.9. The molecule has 8 nitrogen and oxygen atoms in total. The molecule has 1 heterocycles. The minimum atomic E-state index is 0.395. The van der Waals surface area contributed by atoms with Crippen LogP contribution in [0.25, 0.3) is 0 Å². The summed E-state index contributed by atoms with van der Waals surface area (Å²) in [5.41, 5.74) is 14.5. The molecule has 0 saturated heterocycles. The maximum absolute atomic E-state index is 5.78. The van der Waals surface area contributed by atoms with Crippen molar-refractivity contribution in [3.63, 3.8) is 0 Å².